The fourth-order valence-corrected chi connectivity index (χ4v) is 6.77. The van der Waals surface area contributed by atoms with Gasteiger partial charge < -0.3 is 4.90 Å². The largest absolute Gasteiger partial charge is 0.342 e. The molecule has 0 N–H and O–H groups in total. The minimum atomic E-state index is -3.02. The Hall–Kier alpha value is -1.05. The van der Waals surface area contributed by atoms with Crippen molar-refractivity contribution in [2.75, 3.05) is 17.4 Å². The maximum Gasteiger partial charge on any atom is 0.262 e. The van der Waals surface area contributed by atoms with Gasteiger partial charge in [0.05, 0.1) is 17.5 Å². The summed E-state index contributed by atoms with van der Waals surface area (Å²) in [5.41, 5.74) is 1.05. The van der Waals surface area contributed by atoms with Gasteiger partial charge in [-0.1, -0.05) is 42.1 Å². The summed E-state index contributed by atoms with van der Waals surface area (Å²) in [5, 5.41) is 0.523. The van der Waals surface area contributed by atoms with Crippen LogP contribution in [0.15, 0.2) is 35.3 Å². The van der Waals surface area contributed by atoms with E-state index in [2.05, 4.69) is 4.99 Å². The Balaban J connectivity index is 1.89. The van der Waals surface area contributed by atoms with E-state index >= 15 is 0 Å². The number of rotatable bonds is 3. The quantitative estimate of drug-likeness (QED) is 0.766. The second kappa shape index (κ2) is 6.22. The molecule has 0 aromatic heterocycles. The van der Waals surface area contributed by atoms with Crippen LogP contribution in [0.4, 0.5) is 0 Å². The number of amidine groups is 1. The summed E-state index contributed by atoms with van der Waals surface area (Å²) in [4.78, 5) is 17.5. The molecule has 0 bridgehead atoms. The number of thioether (sulfide) groups is 1. The Labute approximate surface area is 138 Å². The molecular formula is C14H15ClN2O3S2. The van der Waals surface area contributed by atoms with E-state index in [1.165, 1.54) is 11.8 Å². The maximum atomic E-state index is 11.9. The number of hydrogen-bond donors (Lipinski definition) is 0. The van der Waals surface area contributed by atoms with Crippen LogP contribution in [0.25, 0.3) is 0 Å². The molecule has 1 aromatic carbocycles. The van der Waals surface area contributed by atoms with Crippen LogP contribution in [0.3, 0.4) is 0 Å². The summed E-state index contributed by atoms with van der Waals surface area (Å²) in [6, 6.07) is 9.61. The molecule has 8 heteroatoms. The van der Waals surface area contributed by atoms with E-state index in [1.54, 1.807) is 0 Å². The average molecular weight is 359 g/mol. The fraction of sp³-hybridized carbons (Fsp3) is 0.429. The zero-order valence-corrected chi connectivity index (χ0v) is 14.1. The lowest BCUT2D eigenvalue weighted by molar-refractivity contribution is -0.115. The minimum Gasteiger partial charge on any atom is -0.342 e. The first-order valence-electron chi connectivity index (χ1n) is 6.83. The normalized spacial score (nSPS) is 28.0. The van der Waals surface area contributed by atoms with Gasteiger partial charge in [-0.15, -0.1) is 11.6 Å². The van der Waals surface area contributed by atoms with Crippen molar-refractivity contribution in [2.45, 2.75) is 17.8 Å². The lowest BCUT2D eigenvalue weighted by atomic mass is 10.1. The fourth-order valence-electron chi connectivity index (χ4n) is 2.74. The Bertz CT molecular complexity index is 706. The highest BCUT2D eigenvalue weighted by molar-refractivity contribution is 8.15. The molecule has 1 aromatic rings. The highest BCUT2D eigenvalue weighted by Gasteiger charge is 2.48. The Morgan fingerprint density at radius 3 is 2.73 bits per heavy atom. The van der Waals surface area contributed by atoms with Gasteiger partial charge in [-0.25, -0.2) is 8.42 Å². The zero-order valence-electron chi connectivity index (χ0n) is 11.7. The Morgan fingerprint density at radius 2 is 2.05 bits per heavy atom. The number of sulfone groups is 1. The summed E-state index contributed by atoms with van der Waals surface area (Å²) >= 11 is 6.90. The number of carbonyl (C=O) groups excluding carboxylic acids is 1. The smallest absolute Gasteiger partial charge is 0.262 e. The lowest BCUT2D eigenvalue weighted by Crippen LogP contribution is -2.37. The van der Waals surface area contributed by atoms with Gasteiger partial charge >= 0.3 is 0 Å². The summed E-state index contributed by atoms with van der Waals surface area (Å²) in [6.07, 6.45) is 0. The van der Waals surface area contributed by atoms with Gasteiger partial charge in [0, 0.05) is 11.8 Å². The molecule has 1 amide bonds. The molecule has 0 spiro atoms. The van der Waals surface area contributed by atoms with Gasteiger partial charge in [0.1, 0.15) is 5.88 Å². The first kappa shape index (κ1) is 15.8. The van der Waals surface area contributed by atoms with Crippen LogP contribution in [0, 0.1) is 0 Å². The standard InChI is InChI=1S/C14H15ClN2O3S2/c15-6-13(18)16-14-17(7-10-4-2-1-3-5-10)11-8-22(19,20)9-12(11)21-14/h1-5,11-12H,6-9H2/t11-,12+/m1/s1. The number of aliphatic imine (C=N–C) groups is 1. The highest BCUT2D eigenvalue weighted by Crippen LogP contribution is 2.38. The molecule has 2 atom stereocenters. The summed E-state index contributed by atoms with van der Waals surface area (Å²) in [6.45, 7) is 0.541. The van der Waals surface area contributed by atoms with Crippen LogP contribution in [-0.4, -0.2) is 53.1 Å². The molecule has 2 heterocycles. The van der Waals surface area contributed by atoms with Crippen molar-refractivity contribution < 1.29 is 13.2 Å². The number of halogens is 1. The number of alkyl halides is 1. The molecule has 0 radical (unpaired) electrons. The summed E-state index contributed by atoms with van der Waals surface area (Å²) in [7, 11) is -3.02. The molecule has 2 saturated heterocycles. The van der Waals surface area contributed by atoms with Gasteiger partial charge in [-0.05, 0) is 5.56 Å². The van der Waals surface area contributed by atoms with Crippen LogP contribution in [0.2, 0.25) is 0 Å². The first-order valence-corrected chi connectivity index (χ1v) is 10.1. The van der Waals surface area contributed by atoms with Gasteiger partial charge in [0.25, 0.3) is 5.91 Å². The van der Waals surface area contributed by atoms with Crippen LogP contribution >= 0.6 is 23.4 Å². The van der Waals surface area contributed by atoms with Crippen molar-refractivity contribution in [3.05, 3.63) is 35.9 Å². The van der Waals surface area contributed by atoms with E-state index in [1.807, 2.05) is 35.2 Å². The number of carbonyl (C=O) groups is 1. The van der Waals surface area contributed by atoms with Crippen LogP contribution in [0.1, 0.15) is 5.56 Å². The van der Waals surface area contributed by atoms with Crippen LogP contribution in [-0.2, 0) is 21.2 Å². The molecule has 0 aliphatic carbocycles. The molecule has 2 fully saturated rings. The van der Waals surface area contributed by atoms with Crippen molar-refractivity contribution >= 4 is 44.3 Å². The van der Waals surface area contributed by atoms with Crippen LogP contribution in [0.5, 0.6) is 0 Å². The Kier molecular flexibility index (Phi) is 4.47. The predicted octanol–water partition coefficient (Wildman–Crippen LogP) is 1.52. The molecule has 3 rings (SSSR count). The van der Waals surface area contributed by atoms with Crippen LogP contribution < -0.4 is 0 Å². The molecule has 0 unspecified atom stereocenters. The Morgan fingerprint density at radius 1 is 1.32 bits per heavy atom. The van der Waals surface area contributed by atoms with Crippen molar-refractivity contribution in [2.24, 2.45) is 4.99 Å². The minimum absolute atomic E-state index is 0.0596. The summed E-state index contributed by atoms with van der Waals surface area (Å²) in [5.74, 6) is -0.311. The third-order valence-electron chi connectivity index (χ3n) is 3.71. The third-order valence-corrected chi connectivity index (χ3v) is 7.18. The molecule has 2 aliphatic rings. The van der Waals surface area contributed by atoms with Crippen molar-refractivity contribution in [3.63, 3.8) is 0 Å². The van der Waals surface area contributed by atoms with E-state index in [0.29, 0.717) is 11.7 Å². The van der Waals surface area contributed by atoms with Gasteiger partial charge in [0.15, 0.2) is 15.0 Å². The SMILES string of the molecule is O=C(CCl)N=C1S[C@H]2CS(=O)(=O)C[C@H]2N1Cc1ccccc1. The second-order valence-corrected chi connectivity index (χ2v) is 8.96. The predicted molar refractivity (Wildman–Crippen MR) is 89.0 cm³/mol. The van der Waals surface area contributed by atoms with Crippen molar-refractivity contribution in [1.29, 1.82) is 0 Å². The van der Waals surface area contributed by atoms with Crippen molar-refractivity contribution in [3.8, 4) is 0 Å². The van der Waals surface area contributed by atoms with Gasteiger partial charge in [-0.2, -0.15) is 4.99 Å². The number of hydrogen-bond acceptors (Lipinski definition) is 4. The average Bonchev–Trinajstić information content (AvgIpc) is 2.93. The highest BCUT2D eigenvalue weighted by atomic mass is 35.5. The lowest BCUT2D eigenvalue weighted by Gasteiger charge is -2.24. The van der Waals surface area contributed by atoms with E-state index in [0.717, 1.165) is 5.56 Å². The molecular weight excluding hydrogens is 344 g/mol. The van der Waals surface area contributed by atoms with E-state index < -0.39 is 15.7 Å². The molecule has 0 saturated carbocycles. The van der Waals surface area contributed by atoms with E-state index in [-0.39, 0.29) is 28.7 Å². The first-order chi connectivity index (χ1) is 10.5. The molecule has 22 heavy (non-hydrogen) atoms. The molecule has 118 valence electrons. The zero-order chi connectivity index (χ0) is 15.7. The summed E-state index contributed by atoms with van der Waals surface area (Å²) < 4.78 is 23.7. The van der Waals surface area contributed by atoms with Gasteiger partial charge in [0.2, 0.25) is 0 Å². The van der Waals surface area contributed by atoms with E-state index in [4.69, 9.17) is 11.6 Å². The monoisotopic (exact) mass is 358 g/mol. The second-order valence-electron chi connectivity index (χ2n) is 5.34. The molecule has 5 nitrogen and oxygen atoms in total. The number of amides is 1. The third kappa shape index (κ3) is 3.31. The van der Waals surface area contributed by atoms with Crippen molar-refractivity contribution in [1.82, 2.24) is 4.90 Å². The van der Waals surface area contributed by atoms with E-state index in [9.17, 15) is 13.2 Å². The topological polar surface area (TPSA) is 66.8 Å². The maximum absolute atomic E-state index is 11.9. The van der Waals surface area contributed by atoms with Gasteiger partial charge in [-0.3, -0.25) is 4.79 Å². The number of benzene rings is 1. The molecule has 2 aliphatic heterocycles. The number of fused-ring (bicyclic) bond motifs is 1. The number of nitrogens with zero attached hydrogens (tertiary/aromatic N) is 2.